The third-order valence-corrected chi connectivity index (χ3v) is 4.33. The molecule has 6 heteroatoms. The van der Waals surface area contributed by atoms with E-state index in [4.69, 9.17) is 11.5 Å². The van der Waals surface area contributed by atoms with Crippen LogP contribution < -0.4 is 11.5 Å². The molecule has 2 rings (SSSR count). The van der Waals surface area contributed by atoms with Crippen LogP contribution in [0.2, 0.25) is 0 Å². The van der Waals surface area contributed by atoms with Gasteiger partial charge in [-0.2, -0.15) is 0 Å². The second-order valence-corrected chi connectivity index (χ2v) is 5.92. The summed E-state index contributed by atoms with van der Waals surface area (Å²) in [6.07, 6.45) is 0. The molecule has 98 valence electrons. The van der Waals surface area contributed by atoms with Crippen LogP contribution in [0.15, 0.2) is 58.3 Å². The van der Waals surface area contributed by atoms with Gasteiger partial charge >= 0.3 is 0 Å². The molecule has 0 unspecified atom stereocenters. The molecule has 0 saturated carbocycles. The summed E-state index contributed by atoms with van der Waals surface area (Å²) in [5.74, 6) is -0.725. The van der Waals surface area contributed by atoms with E-state index in [-0.39, 0.29) is 21.0 Å². The average Bonchev–Trinajstić information content (AvgIpc) is 2.39. The van der Waals surface area contributed by atoms with E-state index in [1.165, 1.54) is 30.3 Å². The van der Waals surface area contributed by atoms with Crippen LogP contribution >= 0.6 is 0 Å². The first-order valence-electron chi connectivity index (χ1n) is 5.42. The first-order valence-corrected chi connectivity index (χ1v) is 6.90. The van der Waals surface area contributed by atoms with Gasteiger partial charge in [0.15, 0.2) is 0 Å². The van der Waals surface area contributed by atoms with Crippen molar-refractivity contribution in [1.82, 2.24) is 0 Å². The fourth-order valence-corrected chi connectivity index (χ4v) is 3.02. The molecule has 19 heavy (non-hydrogen) atoms. The number of hydrogen-bond donors (Lipinski definition) is 2. The van der Waals surface area contributed by atoms with Gasteiger partial charge in [0, 0.05) is 11.3 Å². The largest absolute Gasteiger partial charge is 0.399 e. The molecule has 0 aromatic heterocycles. The lowest BCUT2D eigenvalue weighted by atomic mass is 10.2. The molecule has 0 saturated heterocycles. The molecule has 5 nitrogen and oxygen atoms in total. The summed E-state index contributed by atoms with van der Waals surface area (Å²) in [7, 11) is -3.71. The minimum Gasteiger partial charge on any atom is -0.399 e. The zero-order chi connectivity index (χ0) is 14.0. The van der Waals surface area contributed by atoms with Gasteiger partial charge in [-0.05, 0) is 30.3 Å². The highest BCUT2D eigenvalue weighted by Gasteiger charge is 2.19. The van der Waals surface area contributed by atoms with Crippen molar-refractivity contribution >= 4 is 21.4 Å². The fraction of sp³-hybridized carbons (Fsp3) is 0. The molecular weight excluding hydrogens is 264 g/mol. The Balaban J connectivity index is 2.62. The topological polar surface area (TPSA) is 103 Å². The number of carbonyl (C=O) groups is 1. The van der Waals surface area contributed by atoms with Crippen LogP contribution in [-0.4, -0.2) is 14.3 Å². The van der Waals surface area contributed by atoms with Crippen LogP contribution in [0.5, 0.6) is 0 Å². The van der Waals surface area contributed by atoms with Crippen molar-refractivity contribution in [2.75, 3.05) is 5.73 Å². The quantitative estimate of drug-likeness (QED) is 0.822. The van der Waals surface area contributed by atoms with Crippen molar-refractivity contribution in [3.8, 4) is 0 Å². The standard InChI is InChI=1S/C13H12N2O3S/c14-10-6-9(13(15)16)7-12(8-10)19(17,18)11-4-2-1-3-5-11/h1-8H,14H2,(H2,15,16). The Bertz CT molecular complexity index is 725. The molecular formula is C13H12N2O3S. The molecule has 4 N–H and O–H groups in total. The normalized spacial score (nSPS) is 11.2. The van der Waals surface area contributed by atoms with Crippen molar-refractivity contribution < 1.29 is 13.2 Å². The molecule has 0 aliphatic carbocycles. The van der Waals surface area contributed by atoms with Crippen molar-refractivity contribution in [2.24, 2.45) is 5.73 Å². The molecule has 0 heterocycles. The predicted molar refractivity (Wildman–Crippen MR) is 71.3 cm³/mol. The van der Waals surface area contributed by atoms with E-state index in [1.807, 2.05) is 0 Å². The third kappa shape index (κ3) is 2.58. The van der Waals surface area contributed by atoms with Crippen molar-refractivity contribution in [2.45, 2.75) is 9.79 Å². The maximum atomic E-state index is 12.4. The van der Waals surface area contributed by atoms with E-state index in [9.17, 15) is 13.2 Å². The summed E-state index contributed by atoms with van der Waals surface area (Å²) in [6.45, 7) is 0. The van der Waals surface area contributed by atoms with Crippen molar-refractivity contribution in [3.05, 3.63) is 54.1 Å². The number of amides is 1. The highest BCUT2D eigenvalue weighted by molar-refractivity contribution is 7.91. The summed E-state index contributed by atoms with van der Waals surface area (Å²) in [4.78, 5) is 11.2. The Morgan fingerprint density at radius 2 is 1.58 bits per heavy atom. The number of rotatable bonds is 3. The monoisotopic (exact) mass is 276 g/mol. The molecule has 0 aliphatic rings. The number of sulfone groups is 1. The third-order valence-electron chi connectivity index (χ3n) is 2.58. The number of primary amides is 1. The van der Waals surface area contributed by atoms with Crippen LogP contribution in [0, 0.1) is 0 Å². The molecule has 0 bridgehead atoms. The minimum absolute atomic E-state index is 0.0486. The number of nitrogen functional groups attached to an aromatic ring is 1. The molecule has 0 radical (unpaired) electrons. The summed E-state index contributed by atoms with van der Waals surface area (Å²) >= 11 is 0. The van der Waals surface area contributed by atoms with Gasteiger partial charge in [0.25, 0.3) is 0 Å². The van der Waals surface area contributed by atoms with Gasteiger partial charge in [0.1, 0.15) is 0 Å². The van der Waals surface area contributed by atoms with E-state index in [2.05, 4.69) is 0 Å². The average molecular weight is 276 g/mol. The van der Waals surface area contributed by atoms with E-state index in [1.54, 1.807) is 18.2 Å². The van der Waals surface area contributed by atoms with E-state index < -0.39 is 15.7 Å². The van der Waals surface area contributed by atoms with Crippen LogP contribution in [0.3, 0.4) is 0 Å². The van der Waals surface area contributed by atoms with Crippen molar-refractivity contribution in [3.63, 3.8) is 0 Å². The van der Waals surface area contributed by atoms with Crippen LogP contribution in [0.4, 0.5) is 5.69 Å². The van der Waals surface area contributed by atoms with Crippen LogP contribution in [0.25, 0.3) is 0 Å². The first-order chi connectivity index (χ1) is 8.91. The van der Waals surface area contributed by atoms with Crippen LogP contribution in [0.1, 0.15) is 10.4 Å². The Hall–Kier alpha value is -2.34. The van der Waals surface area contributed by atoms with Gasteiger partial charge < -0.3 is 11.5 Å². The molecule has 1 amide bonds. The van der Waals surface area contributed by atoms with Gasteiger partial charge in [0.2, 0.25) is 15.7 Å². The fourth-order valence-electron chi connectivity index (χ4n) is 1.66. The number of benzene rings is 2. The maximum absolute atomic E-state index is 12.4. The Kier molecular flexibility index (Phi) is 3.26. The van der Waals surface area contributed by atoms with E-state index in [0.717, 1.165) is 0 Å². The number of anilines is 1. The van der Waals surface area contributed by atoms with E-state index >= 15 is 0 Å². The smallest absolute Gasteiger partial charge is 0.248 e. The SMILES string of the molecule is NC(=O)c1cc(N)cc(S(=O)(=O)c2ccccc2)c1. The van der Waals surface area contributed by atoms with Crippen molar-refractivity contribution in [1.29, 1.82) is 0 Å². The Morgan fingerprint density at radius 3 is 2.16 bits per heavy atom. The highest BCUT2D eigenvalue weighted by Crippen LogP contribution is 2.23. The van der Waals surface area contributed by atoms with Gasteiger partial charge in [-0.1, -0.05) is 18.2 Å². The molecule has 0 aliphatic heterocycles. The van der Waals surface area contributed by atoms with Gasteiger partial charge in [-0.25, -0.2) is 8.42 Å². The Morgan fingerprint density at radius 1 is 0.947 bits per heavy atom. The molecule has 0 spiro atoms. The maximum Gasteiger partial charge on any atom is 0.248 e. The molecule has 0 atom stereocenters. The summed E-state index contributed by atoms with van der Waals surface area (Å²) in [6, 6.07) is 11.8. The summed E-state index contributed by atoms with van der Waals surface area (Å²) < 4.78 is 24.7. The van der Waals surface area contributed by atoms with Gasteiger partial charge in [0.05, 0.1) is 9.79 Å². The molecule has 2 aromatic carbocycles. The second-order valence-electron chi connectivity index (χ2n) is 3.97. The number of hydrogen-bond acceptors (Lipinski definition) is 4. The lowest BCUT2D eigenvalue weighted by molar-refractivity contribution is 0.1000. The van der Waals surface area contributed by atoms with Gasteiger partial charge in [-0.15, -0.1) is 0 Å². The predicted octanol–water partition coefficient (Wildman–Crippen LogP) is 1.20. The zero-order valence-electron chi connectivity index (χ0n) is 9.91. The summed E-state index contributed by atoms with van der Waals surface area (Å²) in [5, 5.41) is 0. The van der Waals surface area contributed by atoms with Gasteiger partial charge in [-0.3, -0.25) is 4.79 Å². The van der Waals surface area contributed by atoms with Crippen LogP contribution in [-0.2, 0) is 9.84 Å². The highest BCUT2D eigenvalue weighted by atomic mass is 32.2. The number of nitrogens with two attached hydrogens (primary N) is 2. The first kappa shape index (κ1) is 13.1. The molecule has 2 aromatic rings. The number of carbonyl (C=O) groups excluding carboxylic acids is 1. The lowest BCUT2D eigenvalue weighted by Crippen LogP contribution is -2.13. The van der Waals surface area contributed by atoms with E-state index in [0.29, 0.717) is 0 Å². The zero-order valence-corrected chi connectivity index (χ0v) is 10.7. The molecule has 0 fully saturated rings. The lowest BCUT2D eigenvalue weighted by Gasteiger charge is -2.07. The second kappa shape index (κ2) is 4.74. The summed E-state index contributed by atoms with van der Waals surface area (Å²) in [5.41, 5.74) is 11.0. The minimum atomic E-state index is -3.71. The Labute approximate surface area is 110 Å².